The van der Waals surface area contributed by atoms with Crippen molar-refractivity contribution >= 4 is 17.8 Å². The number of carbonyl (C=O) groups excluding carboxylic acids is 3. The van der Waals surface area contributed by atoms with E-state index in [1.807, 2.05) is 0 Å². The van der Waals surface area contributed by atoms with Crippen LogP contribution in [0.5, 0.6) is 0 Å². The van der Waals surface area contributed by atoms with Gasteiger partial charge in [-0.05, 0) is 6.42 Å². The van der Waals surface area contributed by atoms with E-state index in [2.05, 4.69) is 9.47 Å². The van der Waals surface area contributed by atoms with Crippen molar-refractivity contribution < 1.29 is 23.9 Å². The standard InChI is InChI=1S/C11H15NO5/c1-16-10(14)7-5-6-8(13)3-4-12(9(6)7)11(15)17-2/h6-7,9H,3-5H2,1-2H3/t6-,7+,9+/m0/s1. The Hall–Kier alpha value is -1.59. The van der Waals surface area contributed by atoms with E-state index >= 15 is 0 Å². The van der Waals surface area contributed by atoms with Crippen LogP contribution >= 0.6 is 0 Å². The average Bonchev–Trinajstić information content (AvgIpc) is 2.30. The first-order valence-electron chi connectivity index (χ1n) is 5.55. The first-order chi connectivity index (χ1) is 8.10. The summed E-state index contributed by atoms with van der Waals surface area (Å²) in [6, 6.07) is -0.379. The molecule has 0 N–H and O–H groups in total. The molecule has 0 bridgehead atoms. The number of ether oxygens (including phenoxy) is 2. The molecular weight excluding hydrogens is 226 g/mol. The number of piperidine rings is 1. The maximum absolute atomic E-state index is 11.6. The Morgan fingerprint density at radius 2 is 2.00 bits per heavy atom. The van der Waals surface area contributed by atoms with E-state index in [9.17, 15) is 14.4 Å². The first kappa shape index (κ1) is 11.9. The largest absolute Gasteiger partial charge is 0.469 e. The maximum atomic E-state index is 11.6. The summed E-state index contributed by atoms with van der Waals surface area (Å²) in [5.74, 6) is -0.870. The van der Waals surface area contributed by atoms with E-state index in [1.165, 1.54) is 19.1 Å². The molecular formula is C11H15NO5. The van der Waals surface area contributed by atoms with Crippen LogP contribution in [-0.4, -0.2) is 49.6 Å². The molecule has 1 saturated heterocycles. The third-order valence-electron chi connectivity index (χ3n) is 3.62. The lowest BCUT2D eigenvalue weighted by Crippen LogP contribution is -2.64. The Morgan fingerprint density at radius 3 is 2.59 bits per heavy atom. The van der Waals surface area contributed by atoms with Crippen molar-refractivity contribution in [3.63, 3.8) is 0 Å². The second-order valence-corrected chi connectivity index (χ2v) is 4.34. The number of nitrogens with zero attached hydrogens (tertiary/aromatic N) is 1. The number of rotatable bonds is 1. The van der Waals surface area contributed by atoms with Crippen molar-refractivity contribution in [3.8, 4) is 0 Å². The van der Waals surface area contributed by atoms with Gasteiger partial charge in [-0.2, -0.15) is 0 Å². The zero-order chi connectivity index (χ0) is 12.6. The molecule has 3 atom stereocenters. The molecule has 0 radical (unpaired) electrons. The first-order valence-corrected chi connectivity index (χ1v) is 5.55. The van der Waals surface area contributed by atoms with Gasteiger partial charge in [0, 0.05) is 18.9 Å². The molecule has 1 aliphatic carbocycles. The fraction of sp³-hybridized carbons (Fsp3) is 0.727. The monoisotopic (exact) mass is 241 g/mol. The number of esters is 1. The van der Waals surface area contributed by atoms with Crippen LogP contribution in [0.3, 0.4) is 0 Å². The minimum atomic E-state index is -0.485. The summed E-state index contributed by atoms with van der Waals surface area (Å²) in [6.45, 7) is 0.320. The maximum Gasteiger partial charge on any atom is 0.409 e. The summed E-state index contributed by atoms with van der Waals surface area (Å²) in [5, 5.41) is 0. The normalized spacial score (nSPS) is 31.3. The van der Waals surface area contributed by atoms with E-state index < -0.39 is 12.0 Å². The molecule has 17 heavy (non-hydrogen) atoms. The molecule has 2 aliphatic rings. The molecule has 0 spiro atoms. The number of hydrogen-bond donors (Lipinski definition) is 0. The molecule has 6 nitrogen and oxygen atoms in total. The average molecular weight is 241 g/mol. The van der Waals surface area contributed by atoms with Gasteiger partial charge in [0.25, 0.3) is 0 Å². The van der Waals surface area contributed by atoms with Gasteiger partial charge in [0.05, 0.1) is 26.2 Å². The lowest BCUT2D eigenvalue weighted by molar-refractivity contribution is -0.161. The van der Waals surface area contributed by atoms with Gasteiger partial charge in [-0.15, -0.1) is 0 Å². The molecule has 1 saturated carbocycles. The molecule has 0 aromatic rings. The van der Waals surface area contributed by atoms with E-state index in [4.69, 9.17) is 0 Å². The van der Waals surface area contributed by atoms with Crippen molar-refractivity contribution in [2.24, 2.45) is 11.8 Å². The predicted octanol–water partition coefficient (Wildman–Crippen LogP) is 0.205. The molecule has 0 unspecified atom stereocenters. The molecule has 94 valence electrons. The molecule has 6 heteroatoms. The quantitative estimate of drug-likeness (QED) is 0.613. The molecule has 1 amide bonds. The number of fused-ring (bicyclic) bond motifs is 1. The van der Waals surface area contributed by atoms with Gasteiger partial charge >= 0.3 is 12.1 Å². The highest BCUT2D eigenvalue weighted by atomic mass is 16.5. The summed E-state index contributed by atoms with van der Waals surface area (Å²) in [6.07, 6.45) is 0.328. The molecule has 1 heterocycles. The summed E-state index contributed by atoms with van der Waals surface area (Å²) in [4.78, 5) is 36.2. The summed E-state index contributed by atoms with van der Waals surface area (Å²) in [5.41, 5.74) is 0. The lowest BCUT2D eigenvalue weighted by Gasteiger charge is -2.50. The third kappa shape index (κ3) is 1.77. The van der Waals surface area contributed by atoms with E-state index in [0.717, 1.165) is 0 Å². The van der Waals surface area contributed by atoms with Gasteiger partial charge < -0.3 is 14.4 Å². The highest BCUT2D eigenvalue weighted by molar-refractivity contribution is 5.89. The Balaban J connectivity index is 2.16. The Morgan fingerprint density at radius 1 is 1.29 bits per heavy atom. The summed E-state index contributed by atoms with van der Waals surface area (Å²) in [7, 11) is 2.60. The predicted molar refractivity (Wildman–Crippen MR) is 56.1 cm³/mol. The molecule has 0 aromatic carbocycles. The minimum absolute atomic E-state index is 0.121. The van der Waals surface area contributed by atoms with Crippen LogP contribution in [0.15, 0.2) is 0 Å². The Kier molecular flexibility index (Phi) is 3.04. The molecule has 2 rings (SSSR count). The van der Waals surface area contributed by atoms with Gasteiger partial charge in [0.2, 0.25) is 0 Å². The highest BCUT2D eigenvalue weighted by Gasteiger charge is 2.55. The van der Waals surface area contributed by atoms with Gasteiger partial charge in [0.1, 0.15) is 5.78 Å². The van der Waals surface area contributed by atoms with Crippen LogP contribution < -0.4 is 0 Å². The van der Waals surface area contributed by atoms with Crippen LogP contribution in [0.1, 0.15) is 12.8 Å². The minimum Gasteiger partial charge on any atom is -0.469 e. The number of ketones is 1. The van der Waals surface area contributed by atoms with Crippen LogP contribution in [0.25, 0.3) is 0 Å². The zero-order valence-corrected chi connectivity index (χ0v) is 9.84. The van der Waals surface area contributed by atoms with Crippen LogP contribution in [0, 0.1) is 11.8 Å². The topological polar surface area (TPSA) is 72.9 Å². The number of amides is 1. The fourth-order valence-electron chi connectivity index (χ4n) is 2.68. The Labute approximate surface area is 98.8 Å². The number of carbonyl (C=O) groups is 3. The third-order valence-corrected chi connectivity index (χ3v) is 3.62. The van der Waals surface area contributed by atoms with E-state index in [0.29, 0.717) is 19.4 Å². The smallest absolute Gasteiger partial charge is 0.409 e. The van der Waals surface area contributed by atoms with Crippen molar-refractivity contribution in [2.75, 3.05) is 20.8 Å². The van der Waals surface area contributed by atoms with Gasteiger partial charge in [-0.25, -0.2) is 4.79 Å². The second kappa shape index (κ2) is 4.35. The van der Waals surface area contributed by atoms with Crippen molar-refractivity contribution in [3.05, 3.63) is 0 Å². The summed E-state index contributed by atoms with van der Waals surface area (Å²) < 4.78 is 9.33. The van der Waals surface area contributed by atoms with Crippen molar-refractivity contribution in [2.45, 2.75) is 18.9 Å². The van der Waals surface area contributed by atoms with E-state index in [-0.39, 0.29) is 23.7 Å². The van der Waals surface area contributed by atoms with Crippen LogP contribution in [-0.2, 0) is 19.1 Å². The van der Waals surface area contributed by atoms with Crippen molar-refractivity contribution in [1.29, 1.82) is 0 Å². The zero-order valence-electron chi connectivity index (χ0n) is 9.84. The van der Waals surface area contributed by atoms with Crippen LogP contribution in [0.2, 0.25) is 0 Å². The van der Waals surface area contributed by atoms with E-state index in [1.54, 1.807) is 0 Å². The number of Topliss-reactive ketones (excluding diaryl/α,β-unsaturated/α-hetero) is 1. The van der Waals surface area contributed by atoms with Crippen LogP contribution in [0.4, 0.5) is 4.79 Å². The van der Waals surface area contributed by atoms with Gasteiger partial charge in [0.15, 0.2) is 0 Å². The fourth-order valence-corrected chi connectivity index (χ4v) is 2.68. The lowest BCUT2D eigenvalue weighted by atomic mass is 9.64. The second-order valence-electron chi connectivity index (χ2n) is 4.34. The number of hydrogen-bond acceptors (Lipinski definition) is 5. The van der Waals surface area contributed by atoms with Crippen molar-refractivity contribution in [1.82, 2.24) is 4.90 Å². The molecule has 2 fully saturated rings. The van der Waals surface area contributed by atoms with Gasteiger partial charge in [-0.1, -0.05) is 0 Å². The molecule has 0 aromatic heterocycles. The van der Waals surface area contributed by atoms with Gasteiger partial charge in [-0.3, -0.25) is 9.59 Å². The SMILES string of the molecule is COC(=O)[C@@H]1C[C@H]2C(=O)CCN(C(=O)OC)[C@H]21. The summed E-state index contributed by atoms with van der Waals surface area (Å²) >= 11 is 0. The Bertz CT molecular complexity index is 367. The molecule has 1 aliphatic heterocycles. The number of methoxy groups -OCH3 is 2. The highest BCUT2D eigenvalue weighted by Crippen LogP contribution is 2.42. The number of likely N-dealkylation sites (tertiary alicyclic amines) is 1.